The number of thioether (sulfide) groups is 1. The standard InChI is InChI=1S/C18H17F3N4S/c1-3-26-14-7-6-11(10-4-5-10)23-16(14)17-24-12-8-15(18(19,20)21)22-9-13(12)25(17)2/h6-10H,3-5H2,1-2H3. The summed E-state index contributed by atoms with van der Waals surface area (Å²) < 4.78 is 40.6. The second kappa shape index (κ2) is 6.26. The Balaban J connectivity index is 1.88. The van der Waals surface area contributed by atoms with Gasteiger partial charge in [-0.3, -0.25) is 0 Å². The summed E-state index contributed by atoms with van der Waals surface area (Å²) >= 11 is 1.65. The maximum absolute atomic E-state index is 12.9. The molecule has 26 heavy (non-hydrogen) atoms. The van der Waals surface area contributed by atoms with Gasteiger partial charge in [-0.15, -0.1) is 11.8 Å². The third-order valence-corrected chi connectivity index (χ3v) is 5.37. The number of hydrogen-bond acceptors (Lipinski definition) is 4. The quantitative estimate of drug-likeness (QED) is 0.597. The van der Waals surface area contributed by atoms with Crippen molar-refractivity contribution in [3.8, 4) is 11.5 Å². The van der Waals surface area contributed by atoms with Crippen molar-refractivity contribution in [2.24, 2.45) is 7.05 Å². The maximum atomic E-state index is 12.9. The second-order valence-electron chi connectivity index (χ2n) is 6.34. The van der Waals surface area contributed by atoms with E-state index in [1.54, 1.807) is 23.4 Å². The molecule has 4 nitrogen and oxygen atoms in total. The maximum Gasteiger partial charge on any atom is 0.433 e. The Morgan fingerprint density at radius 2 is 2.00 bits per heavy atom. The lowest BCUT2D eigenvalue weighted by Crippen LogP contribution is -2.07. The Morgan fingerprint density at radius 3 is 2.65 bits per heavy atom. The number of fused-ring (bicyclic) bond motifs is 1. The Labute approximate surface area is 152 Å². The van der Waals surface area contributed by atoms with Gasteiger partial charge in [-0.1, -0.05) is 6.92 Å². The zero-order valence-corrected chi connectivity index (χ0v) is 15.2. The predicted molar refractivity (Wildman–Crippen MR) is 95.1 cm³/mol. The van der Waals surface area contributed by atoms with E-state index < -0.39 is 11.9 Å². The lowest BCUT2D eigenvalue weighted by molar-refractivity contribution is -0.141. The molecular formula is C18H17F3N4S. The van der Waals surface area contributed by atoms with Gasteiger partial charge in [-0.2, -0.15) is 13.2 Å². The first-order valence-corrected chi connectivity index (χ1v) is 9.40. The first-order valence-electron chi connectivity index (χ1n) is 8.42. The van der Waals surface area contributed by atoms with Crippen LogP contribution in [0, 0.1) is 0 Å². The molecule has 1 aliphatic carbocycles. The van der Waals surface area contributed by atoms with E-state index in [0.717, 1.165) is 40.9 Å². The summed E-state index contributed by atoms with van der Waals surface area (Å²) in [5.74, 6) is 1.93. The Bertz CT molecular complexity index is 976. The molecule has 0 aromatic carbocycles. The predicted octanol–water partition coefficient (Wildman–Crippen LogP) is 5.04. The van der Waals surface area contributed by atoms with Crippen LogP contribution in [-0.2, 0) is 13.2 Å². The number of hydrogen-bond donors (Lipinski definition) is 0. The van der Waals surface area contributed by atoms with Gasteiger partial charge in [0.1, 0.15) is 11.4 Å². The van der Waals surface area contributed by atoms with Crippen molar-refractivity contribution in [2.45, 2.75) is 36.8 Å². The lowest BCUT2D eigenvalue weighted by atomic mass is 10.2. The van der Waals surface area contributed by atoms with Crippen molar-refractivity contribution in [3.05, 3.63) is 35.8 Å². The van der Waals surface area contributed by atoms with E-state index >= 15 is 0 Å². The van der Waals surface area contributed by atoms with E-state index in [1.165, 1.54) is 6.20 Å². The van der Waals surface area contributed by atoms with Crippen molar-refractivity contribution in [2.75, 3.05) is 5.75 Å². The summed E-state index contributed by atoms with van der Waals surface area (Å²) in [7, 11) is 1.78. The van der Waals surface area contributed by atoms with Crippen molar-refractivity contribution in [1.29, 1.82) is 0 Å². The molecule has 0 bridgehead atoms. The summed E-state index contributed by atoms with van der Waals surface area (Å²) in [4.78, 5) is 13.8. The smallest absolute Gasteiger partial charge is 0.325 e. The summed E-state index contributed by atoms with van der Waals surface area (Å²) in [5.41, 5.74) is 1.66. The molecule has 4 rings (SSSR count). The fourth-order valence-electron chi connectivity index (χ4n) is 2.96. The van der Waals surface area contributed by atoms with Crippen LogP contribution in [0.5, 0.6) is 0 Å². The van der Waals surface area contributed by atoms with Crippen molar-refractivity contribution < 1.29 is 13.2 Å². The number of aromatic nitrogens is 4. The summed E-state index contributed by atoms with van der Waals surface area (Å²) in [6, 6.07) is 5.09. The molecule has 1 saturated carbocycles. The minimum atomic E-state index is -4.49. The monoisotopic (exact) mass is 378 g/mol. The number of nitrogens with zero attached hydrogens (tertiary/aromatic N) is 4. The van der Waals surface area contributed by atoms with Gasteiger partial charge in [-0.05, 0) is 36.8 Å². The minimum Gasteiger partial charge on any atom is -0.325 e. The van der Waals surface area contributed by atoms with Crippen LogP contribution in [0.15, 0.2) is 29.3 Å². The van der Waals surface area contributed by atoms with Gasteiger partial charge in [0, 0.05) is 23.6 Å². The Hall–Kier alpha value is -2.09. The number of aryl methyl sites for hydroxylation is 1. The van der Waals surface area contributed by atoms with Crippen molar-refractivity contribution in [3.63, 3.8) is 0 Å². The number of halogens is 3. The van der Waals surface area contributed by atoms with Crippen LogP contribution in [-0.4, -0.2) is 25.3 Å². The largest absolute Gasteiger partial charge is 0.433 e. The molecule has 136 valence electrons. The van der Waals surface area contributed by atoms with Crippen LogP contribution in [0.4, 0.5) is 13.2 Å². The summed E-state index contributed by atoms with van der Waals surface area (Å²) in [6.45, 7) is 2.05. The van der Waals surface area contributed by atoms with E-state index in [0.29, 0.717) is 17.3 Å². The molecular weight excluding hydrogens is 361 g/mol. The van der Waals surface area contributed by atoms with E-state index in [4.69, 9.17) is 4.98 Å². The minimum absolute atomic E-state index is 0.274. The van der Waals surface area contributed by atoms with Crippen molar-refractivity contribution in [1.82, 2.24) is 19.5 Å². The normalized spacial score (nSPS) is 15.0. The fraction of sp³-hybridized carbons (Fsp3) is 0.389. The average Bonchev–Trinajstić information content (AvgIpc) is 3.39. The highest BCUT2D eigenvalue weighted by Crippen LogP contribution is 2.41. The first kappa shape index (κ1) is 17.3. The molecule has 3 aromatic heterocycles. The van der Waals surface area contributed by atoms with Crippen LogP contribution >= 0.6 is 11.8 Å². The molecule has 1 aliphatic rings. The topological polar surface area (TPSA) is 43.6 Å². The van der Waals surface area contributed by atoms with Gasteiger partial charge in [0.15, 0.2) is 5.82 Å². The van der Waals surface area contributed by atoms with Crippen LogP contribution in [0.3, 0.4) is 0 Å². The molecule has 1 fully saturated rings. The van der Waals surface area contributed by atoms with Crippen LogP contribution < -0.4 is 0 Å². The number of rotatable bonds is 4. The highest BCUT2D eigenvalue weighted by molar-refractivity contribution is 7.99. The van der Waals surface area contributed by atoms with E-state index in [2.05, 4.69) is 16.9 Å². The highest BCUT2D eigenvalue weighted by atomic mass is 32.2. The molecule has 0 N–H and O–H groups in total. The molecule has 0 unspecified atom stereocenters. The zero-order chi connectivity index (χ0) is 18.5. The molecule has 0 amide bonds. The lowest BCUT2D eigenvalue weighted by Gasteiger charge is -2.10. The molecule has 8 heteroatoms. The average molecular weight is 378 g/mol. The summed E-state index contributed by atoms with van der Waals surface area (Å²) in [5, 5.41) is 0. The molecule has 0 aliphatic heterocycles. The number of imidazole rings is 1. The molecule has 0 saturated heterocycles. The van der Waals surface area contributed by atoms with E-state index in [9.17, 15) is 13.2 Å². The van der Waals surface area contributed by atoms with E-state index in [-0.39, 0.29) is 5.52 Å². The molecule has 3 heterocycles. The Morgan fingerprint density at radius 1 is 1.23 bits per heavy atom. The van der Waals surface area contributed by atoms with Crippen LogP contribution in [0.25, 0.3) is 22.6 Å². The second-order valence-corrected chi connectivity index (χ2v) is 7.65. The van der Waals surface area contributed by atoms with Gasteiger partial charge < -0.3 is 4.57 Å². The van der Waals surface area contributed by atoms with E-state index in [1.807, 2.05) is 12.1 Å². The third kappa shape index (κ3) is 3.06. The van der Waals surface area contributed by atoms with Gasteiger partial charge in [0.25, 0.3) is 0 Å². The van der Waals surface area contributed by atoms with Crippen LogP contribution in [0.2, 0.25) is 0 Å². The zero-order valence-electron chi connectivity index (χ0n) is 14.3. The van der Waals surface area contributed by atoms with Gasteiger partial charge in [0.2, 0.25) is 0 Å². The molecule has 3 aromatic rings. The number of alkyl halides is 3. The first-order chi connectivity index (χ1) is 12.4. The van der Waals surface area contributed by atoms with Crippen molar-refractivity contribution >= 4 is 22.8 Å². The SMILES string of the molecule is CCSc1ccc(C2CC2)nc1-c1nc2cc(C(F)(F)F)ncc2n1C. The number of pyridine rings is 2. The summed E-state index contributed by atoms with van der Waals surface area (Å²) in [6.07, 6.45) is -0.993. The molecule has 0 atom stereocenters. The third-order valence-electron chi connectivity index (χ3n) is 4.44. The van der Waals surface area contributed by atoms with Gasteiger partial charge in [0.05, 0.1) is 17.2 Å². The highest BCUT2D eigenvalue weighted by Gasteiger charge is 2.33. The van der Waals surface area contributed by atoms with Gasteiger partial charge in [-0.25, -0.2) is 15.0 Å². The van der Waals surface area contributed by atoms with Gasteiger partial charge >= 0.3 is 6.18 Å². The Kier molecular flexibility index (Phi) is 4.17. The fourth-order valence-corrected chi connectivity index (χ4v) is 3.70. The van der Waals surface area contributed by atoms with Crippen LogP contribution in [0.1, 0.15) is 37.1 Å². The molecule has 0 radical (unpaired) electrons. The molecule has 0 spiro atoms.